The minimum absolute atomic E-state index is 0.103. The summed E-state index contributed by atoms with van der Waals surface area (Å²) in [4.78, 5) is 70.1. The van der Waals surface area contributed by atoms with Crippen LogP contribution in [0.2, 0.25) is 0 Å². The highest BCUT2D eigenvalue weighted by molar-refractivity contribution is 6.25. The lowest BCUT2D eigenvalue weighted by molar-refractivity contribution is -0.179. The Morgan fingerprint density at radius 3 is 2.03 bits per heavy atom. The lowest BCUT2D eigenvalue weighted by Crippen LogP contribution is -2.57. The summed E-state index contributed by atoms with van der Waals surface area (Å²) in [7, 11) is 4.72. The van der Waals surface area contributed by atoms with Crippen LogP contribution in [0.25, 0.3) is 0 Å². The number of esters is 1. The zero-order valence-electron chi connectivity index (χ0n) is 43.6. The Morgan fingerprint density at radius 2 is 1.35 bits per heavy atom. The largest absolute Gasteiger partial charge is 0.497 e. The summed E-state index contributed by atoms with van der Waals surface area (Å²) in [6, 6.07) is 47.2. The Labute approximate surface area is 453 Å². The number of rotatable bonds is 12. The second-order valence-electron chi connectivity index (χ2n) is 19.8. The number of ether oxygens (including phenoxy) is 5. The number of imide groups is 1. The number of hydrogen-bond acceptors (Lipinski definition) is 11. The molecular weight excluding hydrogens is 985 g/mol. The molecule has 14 nitrogen and oxygen atoms in total. The van der Waals surface area contributed by atoms with E-state index in [-0.39, 0.29) is 32.0 Å². The van der Waals surface area contributed by atoms with E-state index in [4.69, 9.17) is 23.7 Å². The van der Waals surface area contributed by atoms with Gasteiger partial charge in [0, 0.05) is 29.8 Å². The van der Waals surface area contributed by atoms with Crippen LogP contribution in [0.5, 0.6) is 23.0 Å². The number of urea groups is 1. The molecule has 2 saturated heterocycles. The van der Waals surface area contributed by atoms with E-state index in [0.717, 1.165) is 27.2 Å². The zero-order chi connectivity index (χ0) is 54.1. The van der Waals surface area contributed by atoms with Crippen LogP contribution in [0.4, 0.5) is 10.5 Å². The van der Waals surface area contributed by atoms with Gasteiger partial charge in [0.05, 0.1) is 57.7 Å². The third-order valence-electron chi connectivity index (χ3n) is 15.6. The molecule has 7 atom stereocenters. The molecule has 2 N–H and O–H groups in total. The van der Waals surface area contributed by atoms with E-state index < -0.39 is 65.4 Å². The predicted octanol–water partition coefficient (Wildman–Crippen LogP) is 9.20. The van der Waals surface area contributed by atoms with Gasteiger partial charge in [0.2, 0.25) is 11.8 Å². The van der Waals surface area contributed by atoms with Crippen LogP contribution in [-0.4, -0.2) is 85.9 Å². The molecule has 394 valence electrons. The van der Waals surface area contributed by atoms with Gasteiger partial charge in [0.1, 0.15) is 35.7 Å². The Hall–Kier alpha value is -8.90. The number of benzene rings is 7. The molecule has 0 bridgehead atoms. The van der Waals surface area contributed by atoms with Gasteiger partial charge in [-0.1, -0.05) is 121 Å². The molecule has 2 fully saturated rings. The van der Waals surface area contributed by atoms with Crippen molar-refractivity contribution in [3.8, 4) is 34.8 Å². The third-order valence-corrected chi connectivity index (χ3v) is 15.6. The van der Waals surface area contributed by atoms with Crippen molar-refractivity contribution in [3.05, 3.63) is 220 Å². The van der Waals surface area contributed by atoms with Crippen LogP contribution >= 0.6 is 0 Å². The summed E-state index contributed by atoms with van der Waals surface area (Å²) >= 11 is 0. The van der Waals surface area contributed by atoms with E-state index in [1.807, 2.05) is 151 Å². The van der Waals surface area contributed by atoms with E-state index in [1.54, 1.807) is 56.6 Å². The van der Waals surface area contributed by atoms with E-state index >= 15 is 19.2 Å². The summed E-state index contributed by atoms with van der Waals surface area (Å²) in [6.07, 6.45) is -0.532. The molecule has 4 amide bonds. The average Bonchev–Trinajstić information content (AvgIpc) is 3.71. The minimum Gasteiger partial charge on any atom is -0.497 e. The molecule has 4 heterocycles. The molecule has 0 saturated carbocycles. The van der Waals surface area contributed by atoms with Crippen molar-refractivity contribution in [1.82, 2.24) is 15.1 Å². The van der Waals surface area contributed by atoms with Gasteiger partial charge in [-0.3, -0.25) is 19.3 Å². The number of carbonyl (C=O) groups excluding carboxylic acids is 4. The monoisotopic (exact) mass is 1040 g/mol. The molecule has 4 aliphatic rings. The number of carbonyl (C=O) groups is 4. The van der Waals surface area contributed by atoms with Crippen molar-refractivity contribution in [2.24, 2.45) is 5.92 Å². The molecule has 11 rings (SSSR count). The molecule has 0 aliphatic carbocycles. The van der Waals surface area contributed by atoms with Gasteiger partial charge in [-0.15, -0.1) is 0 Å². The normalized spacial score (nSPS) is 21.5. The van der Waals surface area contributed by atoms with E-state index in [9.17, 15) is 5.11 Å². The number of fused-ring (bicyclic) bond motifs is 4. The summed E-state index contributed by atoms with van der Waals surface area (Å²) in [6.45, 7) is 1.72. The number of morpholine rings is 1. The topological polar surface area (TPSA) is 156 Å². The zero-order valence-corrected chi connectivity index (χ0v) is 43.6. The SMILES string of the molecule is COc1ccc(C#Cc2ccc3c(c2)C2(C(=O)N3C(=O)NC(C)c3ccccc3)C(C(=O)N3CCc4cc(OC)c(OC)cc4C3)C3C(=O)OC(c4ccccc4)C(c4ccccc4)N3C2c2ccccc2OCCO)cc1. The minimum atomic E-state index is -2.10. The first-order chi connectivity index (χ1) is 38.1. The molecule has 7 aromatic carbocycles. The van der Waals surface area contributed by atoms with Crippen LogP contribution in [0, 0.1) is 17.8 Å². The first kappa shape index (κ1) is 51.2. The van der Waals surface area contributed by atoms with Crippen molar-refractivity contribution in [2.75, 3.05) is 46.0 Å². The average molecular weight is 1040 g/mol. The fourth-order valence-corrected chi connectivity index (χ4v) is 12.1. The van der Waals surface area contributed by atoms with Crippen molar-refractivity contribution >= 4 is 29.5 Å². The number of aliphatic hydroxyl groups excluding tert-OH is 1. The second-order valence-corrected chi connectivity index (χ2v) is 19.8. The van der Waals surface area contributed by atoms with Gasteiger partial charge < -0.3 is 39.0 Å². The molecule has 78 heavy (non-hydrogen) atoms. The summed E-state index contributed by atoms with van der Waals surface area (Å²) < 4.78 is 30.0. The van der Waals surface area contributed by atoms with E-state index in [0.29, 0.717) is 57.2 Å². The van der Waals surface area contributed by atoms with Gasteiger partial charge in [0.25, 0.3) is 0 Å². The van der Waals surface area contributed by atoms with E-state index in [2.05, 4.69) is 17.2 Å². The number of amides is 4. The lowest BCUT2D eigenvalue weighted by Gasteiger charge is -2.46. The maximum Gasteiger partial charge on any atom is 0.329 e. The number of cyclic esters (lactones) is 1. The Kier molecular flexibility index (Phi) is 14.2. The molecule has 1 spiro atoms. The summed E-state index contributed by atoms with van der Waals surface area (Å²) in [5.74, 6) is 5.08. The van der Waals surface area contributed by atoms with Gasteiger partial charge >= 0.3 is 12.0 Å². The summed E-state index contributed by atoms with van der Waals surface area (Å²) in [5, 5.41) is 13.4. The highest BCUT2D eigenvalue weighted by atomic mass is 16.6. The van der Waals surface area contributed by atoms with Crippen molar-refractivity contribution in [1.29, 1.82) is 0 Å². The number of aliphatic hydroxyl groups is 1. The number of nitrogens with one attached hydrogen (secondary N) is 1. The van der Waals surface area contributed by atoms with Crippen molar-refractivity contribution in [2.45, 2.75) is 55.6 Å². The quantitative estimate of drug-likeness (QED) is 0.0889. The van der Waals surface area contributed by atoms with Gasteiger partial charge in [-0.2, -0.15) is 0 Å². The van der Waals surface area contributed by atoms with Gasteiger partial charge in [-0.05, 0) is 107 Å². The molecule has 7 aromatic rings. The predicted molar refractivity (Wildman–Crippen MR) is 292 cm³/mol. The standard InChI is InChI=1S/C64H58N4O10/c1-40(43-16-8-5-9-17-43)65-63(73)67-51-31-28-42(25-24-41-26-29-48(74-2)30-27-41)36-50(51)64(62(67)72)55(60(70)66-33-32-46-37-53(75-3)54(76-4)38-47(46)39-66)57-61(71)78-58(45-20-12-7-13-21-45)56(44-18-10-6-11-19-44)68(57)59(64)49-22-14-15-23-52(49)77-35-34-69/h5-23,26-31,36-38,40,55-59,69H,32-35,39H2,1-4H3,(H,65,73). The van der Waals surface area contributed by atoms with E-state index in [1.165, 1.54) is 0 Å². The molecular formula is C64H58N4O10. The molecule has 7 unspecified atom stereocenters. The van der Waals surface area contributed by atoms with Crippen molar-refractivity contribution in [3.63, 3.8) is 0 Å². The number of para-hydroxylation sites is 1. The van der Waals surface area contributed by atoms with Crippen LogP contribution in [-0.2, 0) is 37.5 Å². The van der Waals surface area contributed by atoms with Crippen LogP contribution in [0.1, 0.15) is 81.2 Å². The Balaban J connectivity index is 1.20. The number of anilines is 1. The maximum absolute atomic E-state index is 17.2. The highest BCUT2D eigenvalue weighted by Gasteiger charge is 2.76. The molecule has 14 heteroatoms. The third kappa shape index (κ3) is 8.94. The first-order valence-electron chi connectivity index (χ1n) is 26.0. The maximum atomic E-state index is 17.2. The van der Waals surface area contributed by atoms with Crippen LogP contribution in [0.3, 0.4) is 0 Å². The number of nitrogens with zero attached hydrogens (tertiary/aromatic N) is 3. The highest BCUT2D eigenvalue weighted by Crippen LogP contribution is 2.67. The van der Waals surface area contributed by atoms with Crippen LogP contribution < -0.4 is 29.2 Å². The molecule has 4 aliphatic heterocycles. The number of methoxy groups -OCH3 is 3. The van der Waals surface area contributed by atoms with Gasteiger partial charge in [0.15, 0.2) is 11.5 Å². The lowest BCUT2D eigenvalue weighted by atomic mass is 9.64. The molecule has 0 aromatic heterocycles. The Morgan fingerprint density at radius 1 is 0.718 bits per heavy atom. The molecule has 0 radical (unpaired) electrons. The number of hydrogen-bond donors (Lipinski definition) is 2. The van der Waals surface area contributed by atoms with Crippen LogP contribution in [0.15, 0.2) is 170 Å². The Bertz CT molecular complexity index is 3460. The van der Waals surface area contributed by atoms with Crippen molar-refractivity contribution < 1.29 is 48.0 Å². The van der Waals surface area contributed by atoms with Gasteiger partial charge in [-0.25, -0.2) is 9.69 Å². The second kappa shape index (κ2) is 21.6. The smallest absolute Gasteiger partial charge is 0.329 e. The summed E-state index contributed by atoms with van der Waals surface area (Å²) in [5.41, 5.74) is 4.04. The first-order valence-corrected chi connectivity index (χ1v) is 26.0. The fourth-order valence-electron chi connectivity index (χ4n) is 12.1. The fraction of sp³-hybridized carbons (Fsp3) is 0.250.